The van der Waals surface area contributed by atoms with E-state index in [1.165, 1.54) is 18.2 Å². The Labute approximate surface area is 85.3 Å². The molecule has 1 aromatic rings. The summed E-state index contributed by atoms with van der Waals surface area (Å²) in [7, 11) is 0. The average Bonchev–Trinajstić information content (AvgIpc) is 2.17. The van der Waals surface area contributed by atoms with E-state index in [1.807, 2.05) is 0 Å². The highest BCUT2D eigenvalue weighted by Gasteiger charge is 2.11. The molecule has 0 radical (unpaired) electrons. The number of hydrogen-bond donors (Lipinski definition) is 1. The first-order valence-electron chi connectivity index (χ1n) is 3.75. The molecule has 0 fully saturated rings. The molecule has 0 aliphatic heterocycles. The molecule has 2 N–H and O–H groups in total. The number of benzene rings is 1. The predicted octanol–water partition coefficient (Wildman–Crippen LogP) is 1.93. The lowest BCUT2D eigenvalue weighted by atomic mass is 10.1. The smallest absolute Gasteiger partial charge is 0.270 e. The Bertz CT molecular complexity index is 404. The van der Waals surface area contributed by atoms with Crippen molar-refractivity contribution < 1.29 is 4.92 Å². The van der Waals surface area contributed by atoms with E-state index in [9.17, 15) is 10.1 Å². The van der Waals surface area contributed by atoms with Crippen molar-refractivity contribution in [2.45, 2.75) is 6.92 Å². The molecule has 1 aromatic carbocycles. The molecule has 0 spiro atoms. The van der Waals surface area contributed by atoms with Gasteiger partial charge in [0.25, 0.3) is 5.69 Å². The first-order valence-corrected chi connectivity index (χ1v) is 4.13. The highest BCUT2D eigenvalue weighted by Crippen LogP contribution is 2.22. The van der Waals surface area contributed by atoms with E-state index in [-0.39, 0.29) is 5.69 Å². The molecule has 0 heterocycles. The molecular formula is C8H8ClN3O2. The Morgan fingerprint density at radius 1 is 1.64 bits per heavy atom. The van der Waals surface area contributed by atoms with Crippen LogP contribution in [0.25, 0.3) is 0 Å². The van der Waals surface area contributed by atoms with Crippen molar-refractivity contribution in [3.8, 4) is 0 Å². The van der Waals surface area contributed by atoms with Crippen LogP contribution < -0.4 is 5.84 Å². The largest absolute Gasteiger partial charge is 0.323 e. The number of nitro benzene ring substituents is 1. The van der Waals surface area contributed by atoms with Crippen LogP contribution in [0.2, 0.25) is 5.02 Å². The molecule has 1 rings (SSSR count). The van der Waals surface area contributed by atoms with E-state index < -0.39 is 4.92 Å². The number of halogens is 1. The van der Waals surface area contributed by atoms with Gasteiger partial charge in [-0.2, -0.15) is 5.10 Å². The second-order valence-electron chi connectivity index (χ2n) is 2.64. The van der Waals surface area contributed by atoms with Crippen LogP contribution in [0, 0.1) is 10.1 Å². The second kappa shape index (κ2) is 4.06. The van der Waals surface area contributed by atoms with Gasteiger partial charge in [-0.05, 0) is 13.0 Å². The summed E-state index contributed by atoms with van der Waals surface area (Å²) in [5.41, 5.74) is 0.898. The summed E-state index contributed by atoms with van der Waals surface area (Å²) >= 11 is 5.82. The lowest BCUT2D eigenvalue weighted by Crippen LogP contribution is -2.01. The van der Waals surface area contributed by atoms with Crippen LogP contribution in [-0.4, -0.2) is 10.6 Å². The number of non-ortho nitro benzene ring substituents is 1. The standard InChI is InChI=1S/C8H8ClN3O2/c1-5(11-10)7-4-6(12(13)14)2-3-8(7)9/h2-4H,10H2,1H3. The van der Waals surface area contributed by atoms with Crippen LogP contribution in [0.3, 0.4) is 0 Å². The van der Waals surface area contributed by atoms with Crippen LogP contribution in [0.1, 0.15) is 12.5 Å². The molecule has 5 nitrogen and oxygen atoms in total. The zero-order valence-corrected chi connectivity index (χ0v) is 8.15. The lowest BCUT2D eigenvalue weighted by molar-refractivity contribution is -0.384. The summed E-state index contributed by atoms with van der Waals surface area (Å²) in [4.78, 5) is 9.97. The van der Waals surface area contributed by atoms with Gasteiger partial charge < -0.3 is 5.84 Å². The van der Waals surface area contributed by atoms with Crippen molar-refractivity contribution in [2.24, 2.45) is 10.9 Å². The quantitative estimate of drug-likeness (QED) is 0.353. The molecule has 0 aliphatic rings. The number of nitro groups is 1. The molecule has 0 aliphatic carbocycles. The summed E-state index contributed by atoms with van der Waals surface area (Å²) in [5.74, 6) is 5.06. The van der Waals surface area contributed by atoms with Gasteiger partial charge in [0.15, 0.2) is 0 Å². The third-order valence-electron chi connectivity index (χ3n) is 1.74. The molecule has 0 saturated carbocycles. The second-order valence-corrected chi connectivity index (χ2v) is 3.04. The van der Waals surface area contributed by atoms with E-state index >= 15 is 0 Å². The van der Waals surface area contributed by atoms with E-state index in [4.69, 9.17) is 17.4 Å². The molecule has 0 atom stereocenters. The fourth-order valence-corrected chi connectivity index (χ4v) is 1.23. The van der Waals surface area contributed by atoms with Crippen LogP contribution in [-0.2, 0) is 0 Å². The Morgan fingerprint density at radius 3 is 2.79 bits per heavy atom. The van der Waals surface area contributed by atoms with E-state index in [2.05, 4.69) is 5.10 Å². The van der Waals surface area contributed by atoms with Gasteiger partial charge in [0.1, 0.15) is 0 Å². The van der Waals surface area contributed by atoms with Crippen LogP contribution in [0.4, 0.5) is 5.69 Å². The minimum atomic E-state index is -0.496. The van der Waals surface area contributed by atoms with Crippen molar-refractivity contribution in [1.82, 2.24) is 0 Å². The minimum absolute atomic E-state index is 0.0348. The van der Waals surface area contributed by atoms with Gasteiger partial charge in [-0.1, -0.05) is 11.6 Å². The summed E-state index contributed by atoms with van der Waals surface area (Å²) in [6.07, 6.45) is 0. The fourth-order valence-electron chi connectivity index (χ4n) is 0.974. The van der Waals surface area contributed by atoms with Crippen LogP contribution in [0.5, 0.6) is 0 Å². The van der Waals surface area contributed by atoms with Crippen molar-refractivity contribution in [3.63, 3.8) is 0 Å². The number of rotatable bonds is 2. The maximum absolute atomic E-state index is 10.5. The zero-order chi connectivity index (χ0) is 10.7. The van der Waals surface area contributed by atoms with Gasteiger partial charge in [-0.25, -0.2) is 0 Å². The van der Waals surface area contributed by atoms with Crippen LogP contribution in [0.15, 0.2) is 23.3 Å². The molecule has 74 valence electrons. The number of nitrogens with zero attached hydrogens (tertiary/aromatic N) is 2. The number of hydrogen-bond acceptors (Lipinski definition) is 4. The Kier molecular flexibility index (Phi) is 3.03. The predicted molar refractivity (Wildman–Crippen MR) is 54.5 cm³/mol. The highest BCUT2D eigenvalue weighted by atomic mass is 35.5. The summed E-state index contributed by atoms with van der Waals surface area (Å²) in [6, 6.07) is 4.12. The van der Waals surface area contributed by atoms with E-state index in [0.29, 0.717) is 16.3 Å². The first kappa shape index (κ1) is 10.5. The van der Waals surface area contributed by atoms with Crippen molar-refractivity contribution >= 4 is 23.0 Å². The third-order valence-corrected chi connectivity index (χ3v) is 2.07. The van der Waals surface area contributed by atoms with Gasteiger partial charge in [-0.3, -0.25) is 10.1 Å². The molecular weight excluding hydrogens is 206 g/mol. The molecule has 0 aromatic heterocycles. The molecule has 0 amide bonds. The average molecular weight is 214 g/mol. The highest BCUT2D eigenvalue weighted by molar-refractivity contribution is 6.34. The van der Waals surface area contributed by atoms with Gasteiger partial charge in [0.05, 0.1) is 15.7 Å². The zero-order valence-electron chi connectivity index (χ0n) is 7.40. The first-order chi connectivity index (χ1) is 6.56. The normalized spacial score (nSPS) is 11.4. The molecule has 6 heteroatoms. The molecule has 0 bridgehead atoms. The van der Waals surface area contributed by atoms with Gasteiger partial charge >= 0.3 is 0 Å². The lowest BCUT2D eigenvalue weighted by Gasteiger charge is -2.01. The van der Waals surface area contributed by atoms with Crippen molar-refractivity contribution in [2.75, 3.05) is 0 Å². The maximum atomic E-state index is 10.5. The van der Waals surface area contributed by atoms with Crippen molar-refractivity contribution in [3.05, 3.63) is 38.9 Å². The number of nitrogens with two attached hydrogens (primary N) is 1. The molecule has 0 unspecified atom stereocenters. The van der Waals surface area contributed by atoms with E-state index in [1.54, 1.807) is 6.92 Å². The monoisotopic (exact) mass is 213 g/mol. The topological polar surface area (TPSA) is 81.5 Å². The number of hydrazone groups is 1. The third kappa shape index (κ3) is 2.00. The van der Waals surface area contributed by atoms with Gasteiger partial charge in [0.2, 0.25) is 0 Å². The summed E-state index contributed by atoms with van der Waals surface area (Å²) in [5, 5.41) is 14.3. The Hall–Kier alpha value is -1.62. The Morgan fingerprint density at radius 2 is 2.29 bits per heavy atom. The summed E-state index contributed by atoms with van der Waals surface area (Å²) in [6.45, 7) is 1.63. The van der Waals surface area contributed by atoms with Gasteiger partial charge in [0, 0.05) is 17.7 Å². The maximum Gasteiger partial charge on any atom is 0.270 e. The van der Waals surface area contributed by atoms with E-state index in [0.717, 1.165) is 0 Å². The molecule has 14 heavy (non-hydrogen) atoms. The molecule has 0 saturated heterocycles. The Balaban J connectivity index is 3.28. The van der Waals surface area contributed by atoms with Gasteiger partial charge in [-0.15, -0.1) is 0 Å². The minimum Gasteiger partial charge on any atom is -0.323 e. The summed E-state index contributed by atoms with van der Waals surface area (Å²) < 4.78 is 0. The SMILES string of the molecule is CC(=NN)c1cc([N+](=O)[O-])ccc1Cl. The van der Waals surface area contributed by atoms with Crippen molar-refractivity contribution in [1.29, 1.82) is 0 Å². The van der Waals surface area contributed by atoms with Crippen LogP contribution >= 0.6 is 11.6 Å². The fraction of sp³-hybridized carbons (Fsp3) is 0.125.